The summed E-state index contributed by atoms with van der Waals surface area (Å²) in [6, 6.07) is 17.2. The Morgan fingerprint density at radius 3 is 2.65 bits per heavy atom. The second-order valence-corrected chi connectivity index (χ2v) is 5.01. The number of amides is 1. The number of ether oxygens (including phenoxy) is 1. The average molecular weight is 310 g/mol. The Morgan fingerprint density at radius 1 is 1.04 bits per heavy atom. The minimum absolute atomic E-state index is 0.126. The second-order valence-electron chi connectivity index (χ2n) is 5.01. The number of carbonyl (C=O) groups excluding carboxylic acids is 1. The molecule has 0 saturated carbocycles. The third kappa shape index (κ3) is 4.03. The SMILES string of the molecule is O=C(COc1ccc(F)cc1)NCc1ccc2ccccc2n1. The lowest BCUT2D eigenvalue weighted by molar-refractivity contribution is -0.123. The van der Waals surface area contributed by atoms with Gasteiger partial charge in [-0.2, -0.15) is 0 Å². The molecule has 1 N–H and O–H groups in total. The van der Waals surface area contributed by atoms with Crippen molar-refractivity contribution >= 4 is 16.8 Å². The van der Waals surface area contributed by atoms with Crippen molar-refractivity contribution in [2.75, 3.05) is 6.61 Å². The van der Waals surface area contributed by atoms with Crippen LogP contribution in [0.5, 0.6) is 5.75 Å². The molecule has 116 valence electrons. The predicted molar refractivity (Wildman–Crippen MR) is 85.5 cm³/mol. The Bertz CT molecular complexity index is 819. The summed E-state index contributed by atoms with van der Waals surface area (Å²) in [6.07, 6.45) is 0. The van der Waals surface area contributed by atoms with Crippen LogP contribution in [0.3, 0.4) is 0 Å². The van der Waals surface area contributed by atoms with Gasteiger partial charge in [-0.05, 0) is 36.4 Å². The predicted octanol–water partition coefficient (Wildman–Crippen LogP) is 3.07. The molecule has 23 heavy (non-hydrogen) atoms. The number of benzene rings is 2. The van der Waals surface area contributed by atoms with Gasteiger partial charge < -0.3 is 10.1 Å². The fourth-order valence-electron chi connectivity index (χ4n) is 2.13. The Hall–Kier alpha value is -2.95. The van der Waals surface area contributed by atoms with Gasteiger partial charge in [-0.3, -0.25) is 9.78 Å². The Kier molecular flexibility index (Phi) is 4.47. The third-order valence-corrected chi connectivity index (χ3v) is 3.31. The van der Waals surface area contributed by atoms with Crippen LogP contribution >= 0.6 is 0 Å². The van der Waals surface area contributed by atoms with E-state index >= 15 is 0 Å². The van der Waals surface area contributed by atoms with Crippen LogP contribution in [0.25, 0.3) is 10.9 Å². The van der Waals surface area contributed by atoms with Gasteiger partial charge in [0.05, 0.1) is 17.8 Å². The molecule has 3 aromatic rings. The monoisotopic (exact) mass is 310 g/mol. The number of pyridine rings is 1. The summed E-state index contributed by atoms with van der Waals surface area (Å²) in [5, 5.41) is 3.80. The molecule has 1 amide bonds. The summed E-state index contributed by atoms with van der Waals surface area (Å²) in [4.78, 5) is 16.3. The van der Waals surface area contributed by atoms with E-state index in [4.69, 9.17) is 4.74 Å². The van der Waals surface area contributed by atoms with Crippen LogP contribution < -0.4 is 10.1 Å². The highest BCUT2D eigenvalue weighted by molar-refractivity contribution is 5.79. The average Bonchev–Trinajstić information content (AvgIpc) is 2.59. The lowest BCUT2D eigenvalue weighted by atomic mass is 10.2. The van der Waals surface area contributed by atoms with E-state index in [1.165, 1.54) is 24.3 Å². The molecule has 0 radical (unpaired) electrons. The zero-order chi connectivity index (χ0) is 16.1. The maximum atomic E-state index is 12.8. The van der Waals surface area contributed by atoms with Crippen molar-refractivity contribution < 1.29 is 13.9 Å². The summed E-state index contributed by atoms with van der Waals surface area (Å²) >= 11 is 0. The number of para-hydroxylation sites is 1. The van der Waals surface area contributed by atoms with Crippen LogP contribution in [0.1, 0.15) is 5.69 Å². The zero-order valence-electron chi connectivity index (χ0n) is 12.3. The van der Waals surface area contributed by atoms with Crippen molar-refractivity contribution in [3.8, 4) is 5.75 Å². The lowest BCUT2D eigenvalue weighted by Gasteiger charge is -2.08. The molecule has 3 rings (SSSR count). The van der Waals surface area contributed by atoms with Gasteiger partial charge in [0, 0.05) is 5.39 Å². The molecule has 0 fully saturated rings. The number of nitrogens with one attached hydrogen (secondary N) is 1. The molecule has 0 spiro atoms. The van der Waals surface area contributed by atoms with Gasteiger partial charge in [-0.15, -0.1) is 0 Å². The van der Waals surface area contributed by atoms with E-state index in [0.717, 1.165) is 16.6 Å². The molecular formula is C18H15FN2O2. The number of carbonyl (C=O) groups is 1. The number of halogens is 1. The summed E-state index contributed by atoms with van der Waals surface area (Å²) in [5.74, 6) is -0.154. The van der Waals surface area contributed by atoms with Crippen molar-refractivity contribution in [3.63, 3.8) is 0 Å². The summed E-state index contributed by atoms with van der Waals surface area (Å²) < 4.78 is 18.0. The molecule has 1 heterocycles. The van der Waals surface area contributed by atoms with E-state index in [1.807, 2.05) is 36.4 Å². The quantitative estimate of drug-likeness (QED) is 0.788. The number of nitrogens with zero attached hydrogens (tertiary/aromatic N) is 1. The molecule has 0 unspecified atom stereocenters. The number of hydrogen-bond acceptors (Lipinski definition) is 3. The molecule has 0 bridgehead atoms. The lowest BCUT2D eigenvalue weighted by Crippen LogP contribution is -2.28. The Balaban J connectivity index is 1.52. The van der Waals surface area contributed by atoms with Crippen LogP contribution in [0.15, 0.2) is 60.7 Å². The first-order chi connectivity index (χ1) is 11.2. The van der Waals surface area contributed by atoms with Gasteiger partial charge in [-0.25, -0.2) is 4.39 Å². The number of aromatic nitrogens is 1. The Morgan fingerprint density at radius 2 is 1.83 bits per heavy atom. The largest absolute Gasteiger partial charge is 0.484 e. The van der Waals surface area contributed by atoms with E-state index in [9.17, 15) is 9.18 Å². The van der Waals surface area contributed by atoms with E-state index in [2.05, 4.69) is 10.3 Å². The number of rotatable bonds is 5. The van der Waals surface area contributed by atoms with Crippen LogP contribution in [0.2, 0.25) is 0 Å². The van der Waals surface area contributed by atoms with E-state index in [-0.39, 0.29) is 18.3 Å². The third-order valence-electron chi connectivity index (χ3n) is 3.31. The van der Waals surface area contributed by atoms with Crippen molar-refractivity contribution in [3.05, 3.63) is 72.2 Å². The standard InChI is InChI=1S/C18H15FN2O2/c19-14-6-9-16(10-7-14)23-12-18(22)20-11-15-8-5-13-3-1-2-4-17(13)21-15/h1-10H,11-12H2,(H,20,22). The van der Waals surface area contributed by atoms with Crippen LogP contribution in [0.4, 0.5) is 4.39 Å². The molecule has 0 aliphatic carbocycles. The second kappa shape index (κ2) is 6.87. The molecule has 5 heteroatoms. The normalized spacial score (nSPS) is 10.5. The number of fused-ring (bicyclic) bond motifs is 1. The summed E-state index contributed by atoms with van der Waals surface area (Å²) in [7, 11) is 0. The molecular weight excluding hydrogens is 295 g/mol. The topological polar surface area (TPSA) is 51.2 Å². The van der Waals surface area contributed by atoms with E-state index in [1.54, 1.807) is 0 Å². The van der Waals surface area contributed by atoms with Crippen LogP contribution in [-0.2, 0) is 11.3 Å². The van der Waals surface area contributed by atoms with Gasteiger partial charge in [0.15, 0.2) is 6.61 Å². The van der Waals surface area contributed by atoms with Gasteiger partial charge in [0.25, 0.3) is 5.91 Å². The maximum absolute atomic E-state index is 12.8. The van der Waals surface area contributed by atoms with Gasteiger partial charge >= 0.3 is 0 Å². The highest BCUT2D eigenvalue weighted by Crippen LogP contribution is 2.12. The minimum atomic E-state index is -0.343. The van der Waals surface area contributed by atoms with E-state index < -0.39 is 0 Å². The smallest absolute Gasteiger partial charge is 0.258 e. The first kappa shape index (κ1) is 15.0. The molecule has 0 aliphatic heterocycles. The molecule has 2 aromatic carbocycles. The highest BCUT2D eigenvalue weighted by Gasteiger charge is 2.04. The van der Waals surface area contributed by atoms with Crippen LogP contribution in [0, 0.1) is 5.82 Å². The van der Waals surface area contributed by atoms with Crippen LogP contribution in [-0.4, -0.2) is 17.5 Å². The van der Waals surface area contributed by atoms with E-state index in [0.29, 0.717) is 12.3 Å². The fourth-order valence-corrected chi connectivity index (χ4v) is 2.13. The molecule has 0 saturated heterocycles. The first-order valence-corrected chi connectivity index (χ1v) is 7.20. The summed E-state index contributed by atoms with van der Waals surface area (Å²) in [6.45, 7) is 0.204. The number of hydrogen-bond donors (Lipinski definition) is 1. The van der Waals surface area contributed by atoms with Gasteiger partial charge in [0.1, 0.15) is 11.6 Å². The first-order valence-electron chi connectivity index (χ1n) is 7.20. The summed E-state index contributed by atoms with van der Waals surface area (Å²) in [5.41, 5.74) is 1.67. The van der Waals surface area contributed by atoms with Crippen molar-refractivity contribution in [2.45, 2.75) is 6.54 Å². The minimum Gasteiger partial charge on any atom is -0.484 e. The molecule has 1 aromatic heterocycles. The zero-order valence-corrected chi connectivity index (χ0v) is 12.3. The molecule has 0 aliphatic rings. The molecule has 0 atom stereocenters. The molecule has 4 nitrogen and oxygen atoms in total. The van der Waals surface area contributed by atoms with Crippen molar-refractivity contribution in [2.24, 2.45) is 0 Å². The van der Waals surface area contributed by atoms with Crippen molar-refractivity contribution in [1.82, 2.24) is 10.3 Å². The highest BCUT2D eigenvalue weighted by atomic mass is 19.1. The van der Waals surface area contributed by atoms with Crippen molar-refractivity contribution in [1.29, 1.82) is 0 Å². The van der Waals surface area contributed by atoms with Gasteiger partial charge in [0.2, 0.25) is 0 Å². The fraction of sp³-hybridized carbons (Fsp3) is 0.111. The van der Waals surface area contributed by atoms with Gasteiger partial charge in [-0.1, -0.05) is 24.3 Å². The Labute approximate surface area is 132 Å². The maximum Gasteiger partial charge on any atom is 0.258 e.